The van der Waals surface area contributed by atoms with Crippen LogP contribution in [0.25, 0.3) is 0 Å². The zero-order chi connectivity index (χ0) is 7.57. The summed E-state index contributed by atoms with van der Waals surface area (Å²) in [6.45, 7) is 4.49. The summed E-state index contributed by atoms with van der Waals surface area (Å²) in [7, 11) is 0. The van der Waals surface area contributed by atoms with E-state index in [9.17, 15) is 0 Å². The second kappa shape index (κ2) is 3.09. The van der Waals surface area contributed by atoms with Crippen LogP contribution in [0.2, 0.25) is 0 Å². The molecular formula is C8H15NO2. The third kappa shape index (κ3) is 1.55. The molecule has 2 fully saturated rings. The SMILES string of the molecule is C1COCCC2(CCOC2)N1. The van der Waals surface area contributed by atoms with Gasteiger partial charge in [-0.3, -0.25) is 0 Å². The molecule has 0 radical (unpaired) electrons. The lowest BCUT2D eigenvalue weighted by molar-refractivity contribution is 0.136. The molecule has 0 saturated carbocycles. The lowest BCUT2D eigenvalue weighted by Crippen LogP contribution is -2.45. The fourth-order valence-corrected chi connectivity index (χ4v) is 1.79. The zero-order valence-electron chi connectivity index (χ0n) is 6.77. The molecule has 1 N–H and O–H groups in total. The van der Waals surface area contributed by atoms with Crippen LogP contribution in [-0.4, -0.2) is 38.5 Å². The van der Waals surface area contributed by atoms with Crippen molar-refractivity contribution in [3.05, 3.63) is 0 Å². The molecule has 0 aliphatic carbocycles. The number of ether oxygens (including phenoxy) is 2. The smallest absolute Gasteiger partial charge is 0.0650 e. The summed E-state index contributed by atoms with van der Waals surface area (Å²) < 4.78 is 10.7. The van der Waals surface area contributed by atoms with E-state index in [0.29, 0.717) is 0 Å². The second-order valence-corrected chi connectivity index (χ2v) is 3.37. The summed E-state index contributed by atoms with van der Waals surface area (Å²) in [5.74, 6) is 0. The van der Waals surface area contributed by atoms with E-state index in [1.807, 2.05) is 0 Å². The first-order valence-corrected chi connectivity index (χ1v) is 4.32. The maximum absolute atomic E-state index is 5.38. The van der Waals surface area contributed by atoms with Crippen molar-refractivity contribution in [3.8, 4) is 0 Å². The van der Waals surface area contributed by atoms with Gasteiger partial charge in [-0.25, -0.2) is 0 Å². The van der Waals surface area contributed by atoms with Gasteiger partial charge in [-0.1, -0.05) is 0 Å². The van der Waals surface area contributed by atoms with Gasteiger partial charge in [-0.2, -0.15) is 0 Å². The lowest BCUT2D eigenvalue weighted by Gasteiger charge is -2.25. The quantitative estimate of drug-likeness (QED) is 0.543. The molecule has 0 bridgehead atoms. The maximum atomic E-state index is 5.38. The molecule has 11 heavy (non-hydrogen) atoms. The molecule has 2 aliphatic rings. The lowest BCUT2D eigenvalue weighted by atomic mass is 9.95. The number of rotatable bonds is 0. The molecule has 2 saturated heterocycles. The van der Waals surface area contributed by atoms with Crippen molar-refractivity contribution in [1.29, 1.82) is 0 Å². The predicted octanol–water partition coefficient (Wildman–Crippen LogP) is 0.155. The summed E-state index contributed by atoms with van der Waals surface area (Å²) in [6, 6.07) is 0. The van der Waals surface area contributed by atoms with Crippen molar-refractivity contribution in [2.24, 2.45) is 0 Å². The topological polar surface area (TPSA) is 30.5 Å². The molecule has 0 amide bonds. The van der Waals surface area contributed by atoms with Crippen molar-refractivity contribution in [2.75, 3.05) is 33.0 Å². The number of nitrogens with one attached hydrogen (secondary N) is 1. The fourth-order valence-electron chi connectivity index (χ4n) is 1.79. The molecule has 3 heteroatoms. The Morgan fingerprint density at radius 2 is 1.82 bits per heavy atom. The van der Waals surface area contributed by atoms with E-state index in [2.05, 4.69) is 5.32 Å². The van der Waals surface area contributed by atoms with Gasteiger partial charge >= 0.3 is 0 Å². The molecule has 0 aromatic heterocycles. The van der Waals surface area contributed by atoms with E-state index in [1.54, 1.807) is 0 Å². The number of hydrogen-bond donors (Lipinski definition) is 1. The van der Waals surface area contributed by atoms with Gasteiger partial charge in [0.1, 0.15) is 0 Å². The van der Waals surface area contributed by atoms with Crippen LogP contribution < -0.4 is 5.32 Å². The Labute approximate surface area is 67.1 Å². The first-order valence-electron chi connectivity index (χ1n) is 4.32. The van der Waals surface area contributed by atoms with Crippen LogP contribution in [-0.2, 0) is 9.47 Å². The highest BCUT2D eigenvalue weighted by atomic mass is 16.5. The van der Waals surface area contributed by atoms with Gasteiger partial charge in [0.25, 0.3) is 0 Å². The van der Waals surface area contributed by atoms with Crippen LogP contribution in [0.15, 0.2) is 0 Å². The molecule has 2 aliphatic heterocycles. The Hall–Kier alpha value is -0.120. The van der Waals surface area contributed by atoms with E-state index < -0.39 is 0 Å². The van der Waals surface area contributed by atoms with Crippen LogP contribution >= 0.6 is 0 Å². The van der Waals surface area contributed by atoms with Gasteiger partial charge in [-0.05, 0) is 12.8 Å². The minimum Gasteiger partial charge on any atom is -0.380 e. The molecule has 1 atom stereocenters. The summed E-state index contributed by atoms with van der Waals surface area (Å²) in [4.78, 5) is 0. The van der Waals surface area contributed by atoms with Gasteiger partial charge < -0.3 is 14.8 Å². The minimum atomic E-state index is 0.260. The normalized spacial score (nSPS) is 39.3. The van der Waals surface area contributed by atoms with E-state index in [-0.39, 0.29) is 5.54 Å². The Kier molecular flexibility index (Phi) is 2.11. The highest BCUT2D eigenvalue weighted by molar-refractivity contribution is 4.92. The highest BCUT2D eigenvalue weighted by Gasteiger charge is 2.34. The molecule has 64 valence electrons. The van der Waals surface area contributed by atoms with Gasteiger partial charge in [0.2, 0.25) is 0 Å². The molecule has 2 rings (SSSR count). The van der Waals surface area contributed by atoms with Crippen LogP contribution in [0.4, 0.5) is 0 Å². The Morgan fingerprint density at radius 3 is 2.64 bits per heavy atom. The van der Waals surface area contributed by atoms with Crippen molar-refractivity contribution in [2.45, 2.75) is 18.4 Å². The van der Waals surface area contributed by atoms with E-state index in [4.69, 9.17) is 9.47 Å². The molecule has 1 spiro atoms. The third-order valence-corrected chi connectivity index (χ3v) is 2.57. The summed E-state index contributed by atoms with van der Waals surface area (Å²) in [5, 5.41) is 3.51. The first kappa shape index (κ1) is 7.53. The van der Waals surface area contributed by atoms with E-state index in [0.717, 1.165) is 45.8 Å². The van der Waals surface area contributed by atoms with E-state index in [1.165, 1.54) is 0 Å². The third-order valence-electron chi connectivity index (χ3n) is 2.57. The van der Waals surface area contributed by atoms with Gasteiger partial charge in [0.15, 0.2) is 0 Å². The predicted molar refractivity (Wildman–Crippen MR) is 41.6 cm³/mol. The average molecular weight is 157 g/mol. The maximum Gasteiger partial charge on any atom is 0.0650 e. The average Bonchev–Trinajstić information content (AvgIpc) is 2.32. The van der Waals surface area contributed by atoms with Crippen molar-refractivity contribution in [1.82, 2.24) is 5.32 Å². The molecular weight excluding hydrogens is 142 g/mol. The van der Waals surface area contributed by atoms with E-state index >= 15 is 0 Å². The standard InChI is InChI=1S/C8H15NO2/c1-4-10-6-3-9-8(1)2-5-11-7-8/h9H,1-7H2. The Bertz CT molecular complexity index is 122. The number of hydrogen-bond acceptors (Lipinski definition) is 3. The van der Waals surface area contributed by atoms with Crippen LogP contribution in [0.3, 0.4) is 0 Å². The van der Waals surface area contributed by atoms with Crippen molar-refractivity contribution >= 4 is 0 Å². The summed E-state index contributed by atoms with van der Waals surface area (Å²) >= 11 is 0. The van der Waals surface area contributed by atoms with Crippen LogP contribution in [0, 0.1) is 0 Å². The molecule has 2 heterocycles. The first-order chi connectivity index (χ1) is 5.41. The van der Waals surface area contributed by atoms with Gasteiger partial charge in [-0.15, -0.1) is 0 Å². The fraction of sp³-hybridized carbons (Fsp3) is 1.00. The minimum absolute atomic E-state index is 0.260. The van der Waals surface area contributed by atoms with Gasteiger partial charge in [0.05, 0.1) is 13.2 Å². The van der Waals surface area contributed by atoms with Crippen LogP contribution in [0.5, 0.6) is 0 Å². The monoisotopic (exact) mass is 157 g/mol. The van der Waals surface area contributed by atoms with Crippen molar-refractivity contribution < 1.29 is 9.47 Å². The highest BCUT2D eigenvalue weighted by Crippen LogP contribution is 2.23. The van der Waals surface area contributed by atoms with Crippen LogP contribution in [0.1, 0.15) is 12.8 Å². The zero-order valence-corrected chi connectivity index (χ0v) is 6.77. The summed E-state index contributed by atoms with van der Waals surface area (Å²) in [6.07, 6.45) is 2.25. The molecule has 1 unspecified atom stereocenters. The summed E-state index contributed by atoms with van der Waals surface area (Å²) in [5.41, 5.74) is 0.260. The van der Waals surface area contributed by atoms with Crippen molar-refractivity contribution in [3.63, 3.8) is 0 Å². The Morgan fingerprint density at radius 1 is 1.00 bits per heavy atom. The largest absolute Gasteiger partial charge is 0.380 e. The molecule has 3 nitrogen and oxygen atoms in total. The van der Waals surface area contributed by atoms with Gasteiger partial charge in [0, 0.05) is 25.3 Å². The Balaban J connectivity index is 1.97. The second-order valence-electron chi connectivity index (χ2n) is 3.37. The molecule has 0 aromatic rings. The molecule has 0 aromatic carbocycles.